The Morgan fingerprint density at radius 1 is 1.14 bits per heavy atom. The highest BCUT2D eigenvalue weighted by molar-refractivity contribution is 5.94. The first-order valence-electron chi connectivity index (χ1n) is 7.68. The van der Waals surface area contributed by atoms with Crippen molar-refractivity contribution in [2.24, 2.45) is 5.73 Å². The van der Waals surface area contributed by atoms with E-state index >= 15 is 0 Å². The lowest BCUT2D eigenvalue weighted by Crippen LogP contribution is -2.36. The maximum absolute atomic E-state index is 12.4. The summed E-state index contributed by atoms with van der Waals surface area (Å²) in [5.41, 5.74) is 9.97. The van der Waals surface area contributed by atoms with Crippen molar-refractivity contribution in [2.75, 3.05) is 23.3 Å². The minimum atomic E-state index is -0.00222. The Hall–Kier alpha value is -2.33. The molecule has 3 N–H and O–H groups in total. The molecule has 0 bridgehead atoms. The summed E-state index contributed by atoms with van der Waals surface area (Å²) >= 11 is 0. The molecule has 0 saturated heterocycles. The number of hydrogen-bond donors (Lipinski definition) is 2. The van der Waals surface area contributed by atoms with Crippen molar-refractivity contribution in [1.82, 2.24) is 0 Å². The molecule has 2 aromatic carbocycles. The first-order chi connectivity index (χ1) is 10.8. The highest BCUT2D eigenvalue weighted by atomic mass is 16.2. The topological polar surface area (TPSA) is 58.4 Å². The summed E-state index contributed by atoms with van der Waals surface area (Å²) in [6.45, 7) is 1.71. The molecule has 1 heterocycles. The number of amides is 1. The van der Waals surface area contributed by atoms with Gasteiger partial charge in [0.05, 0.1) is 6.54 Å². The fraction of sp³-hybridized carbons (Fsp3) is 0.278. The Bertz CT molecular complexity index is 669. The van der Waals surface area contributed by atoms with Crippen molar-refractivity contribution in [3.05, 3.63) is 59.7 Å². The number of aryl methyl sites for hydroxylation is 1. The van der Waals surface area contributed by atoms with Gasteiger partial charge >= 0.3 is 0 Å². The molecule has 0 spiro atoms. The zero-order valence-corrected chi connectivity index (χ0v) is 12.6. The molecular formula is C18H21N3O. The van der Waals surface area contributed by atoms with Gasteiger partial charge in [-0.25, -0.2) is 0 Å². The monoisotopic (exact) mass is 295 g/mol. The van der Waals surface area contributed by atoms with Crippen LogP contribution in [0.4, 0.5) is 11.4 Å². The molecule has 0 atom stereocenters. The third-order valence-corrected chi connectivity index (χ3v) is 4.05. The normalized spacial score (nSPS) is 13.6. The van der Waals surface area contributed by atoms with Crippen LogP contribution in [-0.2, 0) is 17.8 Å². The maximum Gasteiger partial charge on any atom is 0.243 e. The summed E-state index contributed by atoms with van der Waals surface area (Å²) in [5, 5.41) is 2.98. The highest BCUT2D eigenvalue weighted by Crippen LogP contribution is 2.26. The molecule has 0 fully saturated rings. The number of fused-ring (bicyclic) bond motifs is 1. The van der Waals surface area contributed by atoms with Crippen LogP contribution in [0.25, 0.3) is 0 Å². The second kappa shape index (κ2) is 6.62. The van der Waals surface area contributed by atoms with Crippen LogP contribution in [-0.4, -0.2) is 19.0 Å². The molecule has 0 saturated carbocycles. The van der Waals surface area contributed by atoms with Crippen LogP contribution < -0.4 is 16.0 Å². The van der Waals surface area contributed by atoms with Crippen molar-refractivity contribution >= 4 is 17.3 Å². The van der Waals surface area contributed by atoms with Crippen LogP contribution in [0.15, 0.2) is 48.5 Å². The van der Waals surface area contributed by atoms with Gasteiger partial charge < -0.3 is 16.0 Å². The van der Waals surface area contributed by atoms with E-state index in [9.17, 15) is 4.79 Å². The molecule has 0 aliphatic carbocycles. The molecular weight excluding hydrogens is 274 g/mol. The summed E-state index contributed by atoms with van der Waals surface area (Å²) in [7, 11) is 0. The Labute approximate surface area is 130 Å². The number of nitrogens with zero attached hydrogens (tertiary/aromatic N) is 1. The first-order valence-corrected chi connectivity index (χ1v) is 7.68. The Kier molecular flexibility index (Phi) is 4.39. The van der Waals surface area contributed by atoms with Crippen LogP contribution in [0.1, 0.15) is 17.5 Å². The van der Waals surface area contributed by atoms with Gasteiger partial charge in [0, 0.05) is 24.5 Å². The third kappa shape index (κ3) is 3.12. The van der Waals surface area contributed by atoms with Gasteiger partial charge in [0.25, 0.3) is 0 Å². The molecule has 1 aliphatic rings. The Morgan fingerprint density at radius 3 is 2.77 bits per heavy atom. The third-order valence-electron chi connectivity index (χ3n) is 4.05. The van der Waals surface area contributed by atoms with Gasteiger partial charge in [0.1, 0.15) is 0 Å². The molecule has 4 nitrogen and oxygen atoms in total. The zero-order valence-electron chi connectivity index (χ0n) is 12.6. The largest absolute Gasteiger partial charge is 0.362 e. The standard InChI is InChI=1S/C18H21N3O/c19-12-15-7-1-3-9-16(15)20-18(22)13-21-11-5-8-14-6-2-4-10-17(14)21/h1-4,6-7,9-10H,5,8,11-13,19H2,(H,20,22). The van der Waals surface area contributed by atoms with Gasteiger partial charge in [0.2, 0.25) is 5.91 Å². The number of anilines is 2. The van der Waals surface area contributed by atoms with E-state index in [0.29, 0.717) is 13.1 Å². The second-order valence-corrected chi connectivity index (χ2v) is 5.56. The van der Waals surface area contributed by atoms with E-state index < -0.39 is 0 Å². The zero-order chi connectivity index (χ0) is 15.4. The summed E-state index contributed by atoms with van der Waals surface area (Å²) in [4.78, 5) is 14.5. The van der Waals surface area contributed by atoms with Crippen LogP contribution in [0.5, 0.6) is 0 Å². The number of carbonyl (C=O) groups is 1. The number of hydrogen-bond acceptors (Lipinski definition) is 3. The van der Waals surface area contributed by atoms with Crippen LogP contribution in [0, 0.1) is 0 Å². The van der Waals surface area contributed by atoms with E-state index in [-0.39, 0.29) is 5.91 Å². The van der Waals surface area contributed by atoms with Gasteiger partial charge in [-0.15, -0.1) is 0 Å². The minimum absolute atomic E-state index is 0.00222. The number of benzene rings is 2. The van der Waals surface area contributed by atoms with Crippen LogP contribution in [0.3, 0.4) is 0 Å². The Morgan fingerprint density at radius 2 is 1.91 bits per heavy atom. The fourth-order valence-electron chi connectivity index (χ4n) is 2.96. The van der Waals surface area contributed by atoms with E-state index in [1.165, 1.54) is 11.3 Å². The molecule has 114 valence electrons. The molecule has 0 unspecified atom stereocenters. The quantitative estimate of drug-likeness (QED) is 0.911. The van der Waals surface area contributed by atoms with Crippen molar-refractivity contribution in [1.29, 1.82) is 0 Å². The van der Waals surface area contributed by atoms with Crippen LogP contribution in [0.2, 0.25) is 0 Å². The predicted molar refractivity (Wildman–Crippen MR) is 89.9 cm³/mol. The van der Waals surface area contributed by atoms with E-state index in [1.807, 2.05) is 30.3 Å². The number of rotatable bonds is 4. The maximum atomic E-state index is 12.4. The van der Waals surface area contributed by atoms with Crippen molar-refractivity contribution < 1.29 is 4.79 Å². The highest BCUT2D eigenvalue weighted by Gasteiger charge is 2.18. The molecule has 3 rings (SSSR count). The lowest BCUT2D eigenvalue weighted by molar-refractivity contribution is -0.115. The number of para-hydroxylation sites is 2. The Balaban J connectivity index is 1.70. The van der Waals surface area contributed by atoms with E-state index in [1.54, 1.807) is 0 Å². The molecule has 0 radical (unpaired) electrons. The van der Waals surface area contributed by atoms with Crippen molar-refractivity contribution in [2.45, 2.75) is 19.4 Å². The lowest BCUT2D eigenvalue weighted by atomic mass is 10.0. The SMILES string of the molecule is NCc1ccccc1NC(=O)CN1CCCc2ccccc21. The average Bonchev–Trinajstić information content (AvgIpc) is 2.55. The number of carbonyl (C=O) groups excluding carboxylic acids is 1. The lowest BCUT2D eigenvalue weighted by Gasteiger charge is -2.30. The molecule has 0 aromatic heterocycles. The predicted octanol–water partition coefficient (Wildman–Crippen LogP) is 2.54. The average molecular weight is 295 g/mol. The second-order valence-electron chi connectivity index (χ2n) is 5.56. The molecule has 4 heteroatoms. The van der Waals surface area contributed by atoms with Crippen molar-refractivity contribution in [3.63, 3.8) is 0 Å². The van der Waals surface area contributed by atoms with Gasteiger partial charge in [-0.05, 0) is 36.1 Å². The smallest absolute Gasteiger partial charge is 0.243 e. The van der Waals surface area contributed by atoms with Gasteiger partial charge in [-0.2, -0.15) is 0 Å². The van der Waals surface area contributed by atoms with Gasteiger partial charge in [-0.3, -0.25) is 4.79 Å². The fourth-order valence-corrected chi connectivity index (χ4v) is 2.96. The van der Waals surface area contributed by atoms with E-state index in [0.717, 1.165) is 30.6 Å². The van der Waals surface area contributed by atoms with Crippen LogP contribution >= 0.6 is 0 Å². The number of nitrogens with one attached hydrogen (secondary N) is 1. The summed E-state index contributed by atoms with van der Waals surface area (Å²) in [6, 6.07) is 16.0. The molecule has 22 heavy (non-hydrogen) atoms. The summed E-state index contributed by atoms with van der Waals surface area (Å²) in [6.07, 6.45) is 2.17. The number of nitrogens with two attached hydrogens (primary N) is 1. The summed E-state index contributed by atoms with van der Waals surface area (Å²) in [5.74, 6) is -0.00222. The van der Waals surface area contributed by atoms with Crippen molar-refractivity contribution in [3.8, 4) is 0 Å². The molecule has 1 aliphatic heterocycles. The van der Waals surface area contributed by atoms with Gasteiger partial charge in [-0.1, -0.05) is 36.4 Å². The first kappa shape index (κ1) is 14.6. The molecule has 1 amide bonds. The minimum Gasteiger partial charge on any atom is -0.362 e. The van der Waals surface area contributed by atoms with E-state index in [2.05, 4.69) is 28.4 Å². The van der Waals surface area contributed by atoms with Gasteiger partial charge in [0.15, 0.2) is 0 Å². The van der Waals surface area contributed by atoms with E-state index in [4.69, 9.17) is 5.73 Å². The summed E-state index contributed by atoms with van der Waals surface area (Å²) < 4.78 is 0. The molecule has 2 aromatic rings.